The fourth-order valence-corrected chi connectivity index (χ4v) is 1.20. The molecule has 0 atom stereocenters. The summed E-state index contributed by atoms with van der Waals surface area (Å²) >= 11 is 0. The Hall–Kier alpha value is -1.98. The highest BCUT2D eigenvalue weighted by molar-refractivity contribution is 5.92. The molecule has 0 bridgehead atoms. The van der Waals surface area contributed by atoms with Gasteiger partial charge in [-0.1, -0.05) is 12.1 Å². The summed E-state index contributed by atoms with van der Waals surface area (Å²) in [5.74, 6) is -2.23. The molecule has 0 aliphatic heterocycles. The lowest BCUT2D eigenvalue weighted by atomic mass is 10.1. The number of alkyl halides is 3. The van der Waals surface area contributed by atoms with E-state index in [-0.39, 0.29) is 11.1 Å². The van der Waals surface area contributed by atoms with E-state index in [2.05, 4.69) is 0 Å². The monoisotopic (exact) mass is 246 g/mol. The van der Waals surface area contributed by atoms with Gasteiger partial charge in [0.15, 0.2) is 0 Å². The van der Waals surface area contributed by atoms with Gasteiger partial charge in [-0.25, -0.2) is 4.79 Å². The first-order valence-electron chi connectivity index (χ1n) is 4.54. The maximum atomic E-state index is 12.4. The second kappa shape index (κ2) is 4.48. The summed E-state index contributed by atoms with van der Waals surface area (Å²) in [4.78, 5) is 10.5. The van der Waals surface area contributed by atoms with Gasteiger partial charge in [0.1, 0.15) is 5.75 Å². The van der Waals surface area contributed by atoms with Crippen molar-refractivity contribution in [2.45, 2.75) is 13.1 Å². The molecule has 1 aromatic carbocycles. The number of aliphatic carboxylic acids is 1. The number of carboxylic acid groups (broad SMARTS) is 1. The average Bonchev–Trinajstić information content (AvgIpc) is 2.19. The van der Waals surface area contributed by atoms with Crippen LogP contribution in [0.1, 0.15) is 18.1 Å². The maximum Gasteiger partial charge on any atom is 0.419 e. The highest BCUT2D eigenvalue weighted by Gasteiger charge is 2.34. The van der Waals surface area contributed by atoms with Gasteiger partial charge >= 0.3 is 12.1 Å². The Kier molecular flexibility index (Phi) is 3.45. The number of hydrogen-bond acceptors (Lipinski definition) is 2. The smallest absolute Gasteiger partial charge is 0.419 e. The van der Waals surface area contributed by atoms with Gasteiger partial charge in [-0.3, -0.25) is 0 Å². The van der Waals surface area contributed by atoms with Gasteiger partial charge in [-0.15, -0.1) is 0 Å². The molecule has 92 valence electrons. The number of rotatable bonds is 2. The van der Waals surface area contributed by atoms with E-state index >= 15 is 0 Å². The molecule has 6 heteroatoms. The summed E-state index contributed by atoms with van der Waals surface area (Å²) < 4.78 is 37.3. The number of carbonyl (C=O) groups is 1. The van der Waals surface area contributed by atoms with Crippen LogP contribution < -0.4 is 0 Å². The van der Waals surface area contributed by atoms with Gasteiger partial charge in [0, 0.05) is 11.1 Å². The van der Waals surface area contributed by atoms with Crippen molar-refractivity contribution in [3.8, 4) is 5.75 Å². The quantitative estimate of drug-likeness (QED) is 0.789. The molecular weight excluding hydrogens is 237 g/mol. The lowest BCUT2D eigenvalue weighted by Gasteiger charge is -2.10. The van der Waals surface area contributed by atoms with E-state index in [0.717, 1.165) is 18.2 Å². The maximum absolute atomic E-state index is 12.4. The van der Waals surface area contributed by atoms with Crippen LogP contribution in [0.3, 0.4) is 0 Å². The molecular formula is C11H9F3O3. The van der Waals surface area contributed by atoms with E-state index in [0.29, 0.717) is 0 Å². The first-order valence-corrected chi connectivity index (χ1v) is 4.54. The van der Waals surface area contributed by atoms with Crippen LogP contribution in [-0.2, 0) is 11.0 Å². The third kappa shape index (κ3) is 2.99. The number of carboxylic acids is 1. The predicted molar refractivity (Wildman–Crippen MR) is 54.4 cm³/mol. The van der Waals surface area contributed by atoms with Crippen molar-refractivity contribution in [1.82, 2.24) is 0 Å². The summed E-state index contributed by atoms with van der Waals surface area (Å²) in [6.07, 6.45) is -3.70. The molecule has 0 amide bonds. The lowest BCUT2D eigenvalue weighted by molar-refractivity contribution is -0.138. The van der Waals surface area contributed by atoms with E-state index in [1.54, 1.807) is 0 Å². The second-order valence-electron chi connectivity index (χ2n) is 3.37. The summed E-state index contributed by atoms with van der Waals surface area (Å²) in [6.45, 7) is 1.22. The summed E-state index contributed by atoms with van der Waals surface area (Å²) in [7, 11) is 0. The van der Waals surface area contributed by atoms with Crippen LogP contribution in [0.5, 0.6) is 5.75 Å². The van der Waals surface area contributed by atoms with E-state index in [4.69, 9.17) is 5.11 Å². The van der Waals surface area contributed by atoms with Crippen LogP contribution in [0.25, 0.3) is 6.08 Å². The van der Waals surface area contributed by atoms with Crippen LogP contribution >= 0.6 is 0 Å². The zero-order valence-electron chi connectivity index (χ0n) is 8.75. The Morgan fingerprint density at radius 3 is 2.41 bits per heavy atom. The Morgan fingerprint density at radius 1 is 1.35 bits per heavy atom. The topological polar surface area (TPSA) is 57.5 Å². The van der Waals surface area contributed by atoms with Gasteiger partial charge in [0.25, 0.3) is 0 Å². The Labute approximate surface area is 94.8 Å². The second-order valence-corrected chi connectivity index (χ2v) is 3.37. The Balaban J connectivity index is 3.30. The van der Waals surface area contributed by atoms with Crippen LogP contribution in [0.4, 0.5) is 13.2 Å². The number of para-hydroxylation sites is 1. The fourth-order valence-electron chi connectivity index (χ4n) is 1.20. The SMILES string of the molecule is C/C(=C\c1cccc(C(F)(F)F)c1O)C(=O)O. The molecule has 0 aliphatic carbocycles. The molecule has 0 unspecified atom stereocenters. The molecule has 0 aliphatic rings. The summed E-state index contributed by atoms with van der Waals surface area (Å²) in [5.41, 5.74) is -1.54. The van der Waals surface area contributed by atoms with E-state index in [1.165, 1.54) is 13.0 Å². The van der Waals surface area contributed by atoms with Crippen LogP contribution in [0.2, 0.25) is 0 Å². The molecule has 0 fully saturated rings. The molecule has 17 heavy (non-hydrogen) atoms. The zero-order valence-corrected chi connectivity index (χ0v) is 8.75. The van der Waals surface area contributed by atoms with Crippen LogP contribution in [0.15, 0.2) is 23.8 Å². The summed E-state index contributed by atoms with van der Waals surface area (Å²) in [6, 6.07) is 3.03. The third-order valence-electron chi connectivity index (χ3n) is 2.08. The first kappa shape index (κ1) is 13.1. The average molecular weight is 246 g/mol. The van der Waals surface area contributed by atoms with Gasteiger partial charge in [-0.2, -0.15) is 13.2 Å². The van der Waals surface area contributed by atoms with Crippen molar-refractivity contribution >= 4 is 12.0 Å². The molecule has 0 radical (unpaired) electrons. The molecule has 2 N–H and O–H groups in total. The normalized spacial score (nSPS) is 12.6. The number of benzene rings is 1. The standard InChI is InChI=1S/C11H9F3O3/c1-6(10(16)17)5-7-3-2-4-8(9(7)15)11(12,13)14/h2-5,15H,1H3,(H,16,17)/b6-5+. The highest BCUT2D eigenvalue weighted by Crippen LogP contribution is 2.37. The number of phenolic OH excluding ortho intramolecular Hbond substituents is 1. The molecule has 1 rings (SSSR count). The van der Waals surface area contributed by atoms with E-state index in [1.807, 2.05) is 0 Å². The predicted octanol–water partition coefficient (Wildman–Crippen LogP) is 2.90. The molecule has 1 aromatic rings. The van der Waals surface area contributed by atoms with Gasteiger partial charge in [-0.05, 0) is 19.1 Å². The Morgan fingerprint density at radius 2 is 1.94 bits per heavy atom. The largest absolute Gasteiger partial charge is 0.507 e. The minimum absolute atomic E-state index is 0.167. The van der Waals surface area contributed by atoms with Crippen molar-refractivity contribution in [3.05, 3.63) is 34.9 Å². The van der Waals surface area contributed by atoms with Gasteiger partial charge in [0.05, 0.1) is 5.56 Å². The number of phenols is 1. The minimum Gasteiger partial charge on any atom is -0.507 e. The lowest BCUT2D eigenvalue weighted by Crippen LogP contribution is -2.05. The number of aromatic hydroxyl groups is 1. The Bertz CT molecular complexity index is 475. The third-order valence-corrected chi connectivity index (χ3v) is 2.08. The van der Waals surface area contributed by atoms with E-state index < -0.39 is 23.5 Å². The number of hydrogen-bond donors (Lipinski definition) is 2. The molecule has 0 saturated heterocycles. The van der Waals surface area contributed by atoms with Crippen LogP contribution in [-0.4, -0.2) is 16.2 Å². The van der Waals surface area contributed by atoms with E-state index in [9.17, 15) is 23.1 Å². The molecule has 3 nitrogen and oxygen atoms in total. The van der Waals surface area contributed by atoms with Gasteiger partial charge < -0.3 is 10.2 Å². The molecule has 0 saturated carbocycles. The number of halogens is 3. The van der Waals surface area contributed by atoms with Crippen molar-refractivity contribution in [1.29, 1.82) is 0 Å². The van der Waals surface area contributed by atoms with Crippen LogP contribution in [0, 0.1) is 0 Å². The van der Waals surface area contributed by atoms with Crippen molar-refractivity contribution < 1.29 is 28.2 Å². The van der Waals surface area contributed by atoms with Gasteiger partial charge in [0.2, 0.25) is 0 Å². The molecule has 0 heterocycles. The van der Waals surface area contributed by atoms with Crippen molar-refractivity contribution in [2.75, 3.05) is 0 Å². The minimum atomic E-state index is -4.68. The zero-order chi connectivity index (χ0) is 13.2. The molecule has 0 spiro atoms. The fraction of sp³-hybridized carbons (Fsp3) is 0.182. The first-order chi connectivity index (χ1) is 7.73. The molecule has 0 aromatic heterocycles. The summed E-state index contributed by atoms with van der Waals surface area (Å²) in [5, 5.41) is 18.0. The highest BCUT2D eigenvalue weighted by atomic mass is 19.4. The van der Waals surface area contributed by atoms with Crippen molar-refractivity contribution in [3.63, 3.8) is 0 Å². The van der Waals surface area contributed by atoms with Crippen molar-refractivity contribution in [2.24, 2.45) is 0 Å².